The van der Waals surface area contributed by atoms with Gasteiger partial charge in [-0.3, -0.25) is 4.57 Å². The van der Waals surface area contributed by atoms with Crippen LogP contribution in [-0.2, 0) is 9.84 Å². The summed E-state index contributed by atoms with van der Waals surface area (Å²) in [6.07, 6.45) is 4.20. The van der Waals surface area contributed by atoms with E-state index in [0.29, 0.717) is 0 Å². The van der Waals surface area contributed by atoms with Crippen LogP contribution in [0.15, 0.2) is 41.8 Å². The molecule has 0 aliphatic carbocycles. The van der Waals surface area contributed by atoms with E-state index >= 15 is 0 Å². The Kier molecular flexibility index (Phi) is 2.89. The predicted molar refractivity (Wildman–Crippen MR) is 63.2 cm³/mol. The molecule has 90 valence electrons. The SMILES string of the molecule is COc1ccc(-n2ccnc2S(C)(=O)=O)cc1. The number of methoxy groups -OCH3 is 1. The lowest BCUT2D eigenvalue weighted by atomic mass is 10.3. The van der Waals surface area contributed by atoms with E-state index in [2.05, 4.69) is 4.98 Å². The smallest absolute Gasteiger partial charge is 0.231 e. The number of benzene rings is 1. The molecule has 2 aromatic rings. The maximum absolute atomic E-state index is 11.5. The van der Waals surface area contributed by atoms with Gasteiger partial charge in [0, 0.05) is 24.3 Å². The van der Waals surface area contributed by atoms with Crippen molar-refractivity contribution in [1.29, 1.82) is 0 Å². The van der Waals surface area contributed by atoms with Gasteiger partial charge in [-0.15, -0.1) is 0 Å². The Bertz CT molecular complexity index is 614. The van der Waals surface area contributed by atoms with Crippen molar-refractivity contribution in [2.75, 3.05) is 13.4 Å². The zero-order chi connectivity index (χ0) is 12.5. The Morgan fingerprint density at radius 2 is 1.88 bits per heavy atom. The Balaban J connectivity index is 2.50. The molecule has 17 heavy (non-hydrogen) atoms. The van der Waals surface area contributed by atoms with Gasteiger partial charge in [0.15, 0.2) is 0 Å². The first kappa shape index (κ1) is 11.7. The quantitative estimate of drug-likeness (QED) is 0.825. The summed E-state index contributed by atoms with van der Waals surface area (Å²) in [6.45, 7) is 0. The highest BCUT2D eigenvalue weighted by Gasteiger charge is 2.15. The molecule has 0 aliphatic heterocycles. The molecule has 0 saturated heterocycles. The van der Waals surface area contributed by atoms with Gasteiger partial charge >= 0.3 is 0 Å². The average molecular weight is 252 g/mol. The van der Waals surface area contributed by atoms with Gasteiger partial charge in [-0.2, -0.15) is 0 Å². The number of hydrogen-bond donors (Lipinski definition) is 0. The Morgan fingerprint density at radius 3 is 2.41 bits per heavy atom. The molecule has 0 amide bonds. The van der Waals surface area contributed by atoms with E-state index in [0.717, 1.165) is 17.7 Å². The van der Waals surface area contributed by atoms with Gasteiger partial charge in [0.1, 0.15) is 5.75 Å². The molecule has 1 aromatic heterocycles. The fourth-order valence-electron chi connectivity index (χ4n) is 1.50. The molecule has 0 N–H and O–H groups in total. The minimum Gasteiger partial charge on any atom is -0.497 e. The van der Waals surface area contributed by atoms with E-state index in [9.17, 15) is 8.42 Å². The zero-order valence-electron chi connectivity index (χ0n) is 9.49. The molecule has 0 atom stereocenters. The first-order valence-electron chi connectivity index (χ1n) is 4.90. The van der Waals surface area contributed by atoms with Crippen molar-refractivity contribution < 1.29 is 13.2 Å². The van der Waals surface area contributed by atoms with Gasteiger partial charge in [0.05, 0.1) is 7.11 Å². The molecule has 0 bridgehead atoms. The number of sulfone groups is 1. The van der Waals surface area contributed by atoms with Crippen molar-refractivity contribution in [3.63, 3.8) is 0 Å². The molecule has 0 saturated carbocycles. The summed E-state index contributed by atoms with van der Waals surface area (Å²) >= 11 is 0. The van der Waals surface area contributed by atoms with E-state index in [-0.39, 0.29) is 5.16 Å². The first-order valence-corrected chi connectivity index (χ1v) is 6.79. The van der Waals surface area contributed by atoms with Gasteiger partial charge in [-0.05, 0) is 24.3 Å². The Labute approximate surface area is 99.6 Å². The summed E-state index contributed by atoms with van der Waals surface area (Å²) in [6, 6.07) is 7.08. The molecule has 0 fully saturated rings. The molecule has 0 spiro atoms. The van der Waals surface area contributed by atoms with Crippen molar-refractivity contribution in [3.8, 4) is 11.4 Å². The van der Waals surface area contributed by atoms with E-state index in [1.165, 1.54) is 10.8 Å². The van der Waals surface area contributed by atoms with Gasteiger partial charge in [0.2, 0.25) is 15.0 Å². The van der Waals surface area contributed by atoms with Gasteiger partial charge in [-0.1, -0.05) is 0 Å². The third-order valence-corrected chi connectivity index (χ3v) is 3.25. The number of ether oxygens (including phenoxy) is 1. The minimum atomic E-state index is -3.33. The Hall–Kier alpha value is -1.82. The van der Waals surface area contributed by atoms with E-state index < -0.39 is 9.84 Å². The lowest BCUT2D eigenvalue weighted by Gasteiger charge is -2.07. The van der Waals surface area contributed by atoms with E-state index in [1.54, 1.807) is 37.6 Å². The van der Waals surface area contributed by atoms with Crippen LogP contribution in [0.3, 0.4) is 0 Å². The monoisotopic (exact) mass is 252 g/mol. The molecule has 5 nitrogen and oxygen atoms in total. The van der Waals surface area contributed by atoms with Crippen molar-refractivity contribution in [2.45, 2.75) is 5.16 Å². The highest BCUT2D eigenvalue weighted by Crippen LogP contribution is 2.18. The van der Waals surface area contributed by atoms with Crippen LogP contribution in [0.2, 0.25) is 0 Å². The first-order chi connectivity index (χ1) is 8.02. The van der Waals surface area contributed by atoms with Gasteiger partial charge < -0.3 is 4.74 Å². The summed E-state index contributed by atoms with van der Waals surface area (Å²) in [5, 5.41) is 0.0302. The van der Waals surface area contributed by atoms with Crippen molar-refractivity contribution >= 4 is 9.84 Å². The number of nitrogens with zero attached hydrogens (tertiary/aromatic N) is 2. The third-order valence-electron chi connectivity index (χ3n) is 2.29. The van der Waals surface area contributed by atoms with Crippen LogP contribution in [0.1, 0.15) is 0 Å². The molecular weight excluding hydrogens is 240 g/mol. The lowest BCUT2D eigenvalue weighted by molar-refractivity contribution is 0.414. The zero-order valence-corrected chi connectivity index (χ0v) is 10.3. The topological polar surface area (TPSA) is 61.2 Å². The maximum atomic E-state index is 11.5. The summed E-state index contributed by atoms with van der Waals surface area (Å²) in [7, 11) is -1.76. The molecule has 0 radical (unpaired) electrons. The van der Waals surface area contributed by atoms with Crippen LogP contribution in [0.25, 0.3) is 5.69 Å². The summed E-state index contributed by atoms with van der Waals surface area (Å²) in [5.41, 5.74) is 0.726. The molecule has 1 heterocycles. The standard InChI is InChI=1S/C11H12N2O3S/c1-16-10-5-3-9(4-6-10)13-8-7-12-11(13)17(2,14)15/h3-8H,1-2H3. The molecule has 2 rings (SSSR count). The maximum Gasteiger partial charge on any atom is 0.231 e. The summed E-state index contributed by atoms with van der Waals surface area (Å²) < 4.78 is 29.6. The third kappa shape index (κ3) is 2.31. The van der Waals surface area contributed by atoms with Crippen LogP contribution in [-0.4, -0.2) is 31.3 Å². The normalized spacial score (nSPS) is 11.4. The molecular formula is C11H12N2O3S. The largest absolute Gasteiger partial charge is 0.497 e. The fourth-order valence-corrected chi connectivity index (χ4v) is 2.28. The van der Waals surface area contributed by atoms with Crippen molar-refractivity contribution in [1.82, 2.24) is 9.55 Å². The van der Waals surface area contributed by atoms with Crippen molar-refractivity contribution in [3.05, 3.63) is 36.7 Å². The van der Waals surface area contributed by atoms with Crippen LogP contribution in [0.4, 0.5) is 0 Å². The number of aromatic nitrogens is 2. The molecule has 0 aliphatic rings. The second-order valence-electron chi connectivity index (χ2n) is 3.55. The highest BCUT2D eigenvalue weighted by molar-refractivity contribution is 7.90. The highest BCUT2D eigenvalue weighted by atomic mass is 32.2. The molecule has 6 heteroatoms. The number of hydrogen-bond acceptors (Lipinski definition) is 4. The summed E-state index contributed by atoms with van der Waals surface area (Å²) in [4.78, 5) is 3.85. The average Bonchev–Trinajstić information content (AvgIpc) is 2.78. The molecule has 0 unspecified atom stereocenters. The predicted octanol–water partition coefficient (Wildman–Crippen LogP) is 1.28. The second-order valence-corrected chi connectivity index (χ2v) is 5.46. The second kappa shape index (κ2) is 4.21. The lowest BCUT2D eigenvalue weighted by Crippen LogP contribution is -2.07. The fraction of sp³-hybridized carbons (Fsp3) is 0.182. The van der Waals surface area contributed by atoms with Crippen LogP contribution >= 0.6 is 0 Å². The minimum absolute atomic E-state index is 0.0302. The van der Waals surface area contributed by atoms with E-state index in [4.69, 9.17) is 4.74 Å². The van der Waals surface area contributed by atoms with Gasteiger partial charge in [0.25, 0.3) is 0 Å². The van der Waals surface area contributed by atoms with Crippen LogP contribution in [0, 0.1) is 0 Å². The van der Waals surface area contributed by atoms with E-state index in [1.807, 2.05) is 0 Å². The van der Waals surface area contributed by atoms with Crippen LogP contribution in [0.5, 0.6) is 5.75 Å². The Morgan fingerprint density at radius 1 is 1.24 bits per heavy atom. The number of rotatable bonds is 3. The summed E-state index contributed by atoms with van der Waals surface area (Å²) in [5.74, 6) is 0.717. The van der Waals surface area contributed by atoms with Crippen molar-refractivity contribution in [2.24, 2.45) is 0 Å². The molecule has 1 aromatic carbocycles. The van der Waals surface area contributed by atoms with Crippen LogP contribution < -0.4 is 4.74 Å². The van der Waals surface area contributed by atoms with Gasteiger partial charge in [-0.25, -0.2) is 13.4 Å². The number of imidazole rings is 1.